The van der Waals surface area contributed by atoms with Crippen LogP contribution in [-0.4, -0.2) is 37.0 Å². The zero-order valence-electron chi connectivity index (χ0n) is 10.4. The molecule has 98 valence electrons. The largest absolute Gasteiger partial charge is 0.408 e. The summed E-state index contributed by atoms with van der Waals surface area (Å²) in [5.74, 6) is -0.180. The van der Waals surface area contributed by atoms with Gasteiger partial charge in [-0.2, -0.15) is 0 Å². The molecule has 0 aliphatic carbocycles. The molecule has 1 unspecified atom stereocenters. The summed E-state index contributed by atoms with van der Waals surface area (Å²) >= 11 is 0. The highest BCUT2D eigenvalue weighted by atomic mass is 16.6. The minimum Gasteiger partial charge on any atom is -0.408 e. The summed E-state index contributed by atoms with van der Waals surface area (Å²) in [5, 5.41) is 0. The van der Waals surface area contributed by atoms with E-state index in [0.29, 0.717) is 11.2 Å². The Bertz CT molecular complexity index is 757. The number of aliphatic imine (C=N–C) groups is 1. The summed E-state index contributed by atoms with van der Waals surface area (Å²) in [4.78, 5) is 35.6. The molecular formula is C11H11N5O3. The van der Waals surface area contributed by atoms with E-state index in [1.54, 1.807) is 18.5 Å². The van der Waals surface area contributed by atoms with Crippen LogP contribution in [0.25, 0.3) is 11.2 Å². The summed E-state index contributed by atoms with van der Waals surface area (Å²) in [5.41, 5.74) is 0.547. The third-order valence-electron chi connectivity index (χ3n) is 2.90. The van der Waals surface area contributed by atoms with Gasteiger partial charge < -0.3 is 9.30 Å². The average molecular weight is 261 g/mol. The maximum atomic E-state index is 12.2. The Kier molecular flexibility index (Phi) is 2.44. The van der Waals surface area contributed by atoms with Gasteiger partial charge in [0.25, 0.3) is 5.56 Å². The first-order valence-corrected chi connectivity index (χ1v) is 5.71. The number of cyclic esters (lactones) is 1. The summed E-state index contributed by atoms with van der Waals surface area (Å²) in [6.07, 6.45) is 2.90. The minimum atomic E-state index is -0.515. The van der Waals surface area contributed by atoms with Crippen LogP contribution < -0.4 is 5.56 Å². The maximum Gasteiger partial charge on any atom is 0.337 e. The number of fused-ring (bicyclic) bond motifs is 1. The van der Waals surface area contributed by atoms with Gasteiger partial charge in [-0.1, -0.05) is 0 Å². The Labute approximate surface area is 107 Å². The lowest BCUT2D eigenvalue weighted by Gasteiger charge is -2.04. The molecule has 2 aromatic heterocycles. The molecule has 0 saturated carbocycles. The first-order valence-electron chi connectivity index (χ1n) is 5.71. The molecule has 0 aromatic carbocycles. The number of aromatic nitrogens is 4. The SMILES string of the molecule is CC1N=C(Cn2cnc3ncn(C)c3c2=O)OC1=O. The van der Waals surface area contributed by atoms with Crippen molar-refractivity contribution in [2.24, 2.45) is 12.0 Å². The van der Waals surface area contributed by atoms with Crippen LogP contribution in [0.3, 0.4) is 0 Å². The van der Waals surface area contributed by atoms with Gasteiger partial charge in [0.05, 0.1) is 6.33 Å². The van der Waals surface area contributed by atoms with Crippen LogP contribution in [0.1, 0.15) is 6.92 Å². The van der Waals surface area contributed by atoms with E-state index in [9.17, 15) is 9.59 Å². The number of imidazole rings is 1. The van der Waals surface area contributed by atoms with Crippen molar-refractivity contribution in [1.29, 1.82) is 0 Å². The van der Waals surface area contributed by atoms with Crippen molar-refractivity contribution in [3.05, 3.63) is 23.0 Å². The van der Waals surface area contributed by atoms with Crippen molar-refractivity contribution in [2.75, 3.05) is 0 Å². The molecule has 0 spiro atoms. The molecular weight excluding hydrogens is 250 g/mol. The van der Waals surface area contributed by atoms with Gasteiger partial charge in [0.2, 0.25) is 5.90 Å². The number of nitrogens with zero attached hydrogens (tertiary/aromatic N) is 5. The van der Waals surface area contributed by atoms with Crippen molar-refractivity contribution in [3.8, 4) is 0 Å². The van der Waals surface area contributed by atoms with Gasteiger partial charge in [0, 0.05) is 7.05 Å². The molecule has 1 atom stereocenters. The van der Waals surface area contributed by atoms with E-state index in [1.165, 1.54) is 17.2 Å². The number of carbonyl (C=O) groups is 1. The number of carbonyl (C=O) groups excluding carboxylic acids is 1. The lowest BCUT2D eigenvalue weighted by molar-refractivity contribution is -0.134. The van der Waals surface area contributed by atoms with Crippen LogP contribution in [0.4, 0.5) is 0 Å². The molecule has 1 aliphatic heterocycles. The van der Waals surface area contributed by atoms with Gasteiger partial charge >= 0.3 is 5.97 Å². The van der Waals surface area contributed by atoms with Crippen molar-refractivity contribution in [1.82, 2.24) is 19.1 Å². The molecule has 0 radical (unpaired) electrons. The predicted octanol–water partition coefficient (Wildman–Crippen LogP) is -0.526. The predicted molar refractivity (Wildman–Crippen MR) is 65.8 cm³/mol. The van der Waals surface area contributed by atoms with Crippen molar-refractivity contribution in [2.45, 2.75) is 19.5 Å². The van der Waals surface area contributed by atoms with Crippen molar-refractivity contribution < 1.29 is 9.53 Å². The van der Waals surface area contributed by atoms with Gasteiger partial charge in [0.15, 0.2) is 11.2 Å². The fraction of sp³-hybridized carbons (Fsp3) is 0.364. The molecule has 0 N–H and O–H groups in total. The van der Waals surface area contributed by atoms with E-state index in [1.807, 2.05) is 0 Å². The Morgan fingerprint density at radius 3 is 2.74 bits per heavy atom. The molecule has 8 nitrogen and oxygen atoms in total. The van der Waals surface area contributed by atoms with Crippen LogP contribution in [0.2, 0.25) is 0 Å². The molecule has 3 rings (SSSR count). The third kappa shape index (κ3) is 1.81. The first kappa shape index (κ1) is 11.6. The lowest BCUT2D eigenvalue weighted by atomic mass is 10.4. The topological polar surface area (TPSA) is 91.4 Å². The summed E-state index contributed by atoms with van der Waals surface area (Å²) in [6, 6.07) is -0.515. The number of hydrogen-bond acceptors (Lipinski definition) is 6. The maximum absolute atomic E-state index is 12.2. The first-order chi connectivity index (χ1) is 9.06. The van der Waals surface area contributed by atoms with E-state index < -0.39 is 12.0 Å². The number of hydrogen-bond donors (Lipinski definition) is 0. The Morgan fingerprint density at radius 2 is 2.05 bits per heavy atom. The van der Waals surface area contributed by atoms with Gasteiger partial charge in [0.1, 0.15) is 18.9 Å². The molecule has 3 heterocycles. The smallest absolute Gasteiger partial charge is 0.337 e. The standard InChI is InChI=1S/C11H11N5O3/c1-6-11(18)19-7(14-6)3-16-5-13-9-8(10(16)17)15(2)4-12-9/h4-6H,3H2,1-2H3. The Morgan fingerprint density at radius 1 is 1.32 bits per heavy atom. The zero-order valence-corrected chi connectivity index (χ0v) is 10.4. The van der Waals surface area contributed by atoms with Crippen LogP contribution >= 0.6 is 0 Å². The van der Waals surface area contributed by atoms with E-state index >= 15 is 0 Å². The zero-order chi connectivity index (χ0) is 13.6. The molecule has 0 saturated heterocycles. The molecule has 2 aromatic rings. The number of esters is 1. The third-order valence-corrected chi connectivity index (χ3v) is 2.90. The summed E-state index contributed by atoms with van der Waals surface area (Å²) in [7, 11) is 1.72. The quantitative estimate of drug-likeness (QED) is 0.678. The summed E-state index contributed by atoms with van der Waals surface area (Å²) < 4.78 is 7.90. The highest BCUT2D eigenvalue weighted by molar-refractivity contribution is 5.96. The highest BCUT2D eigenvalue weighted by Crippen LogP contribution is 2.07. The molecule has 0 fully saturated rings. The van der Waals surface area contributed by atoms with Gasteiger partial charge in [-0.3, -0.25) is 9.36 Å². The Balaban J connectivity index is 2.00. The van der Waals surface area contributed by atoms with Crippen LogP contribution in [0, 0.1) is 0 Å². The lowest BCUT2D eigenvalue weighted by Crippen LogP contribution is -2.26. The van der Waals surface area contributed by atoms with E-state index in [2.05, 4.69) is 15.0 Å². The molecule has 19 heavy (non-hydrogen) atoms. The minimum absolute atomic E-state index is 0.0863. The van der Waals surface area contributed by atoms with E-state index in [-0.39, 0.29) is 18.0 Å². The number of rotatable bonds is 2. The monoisotopic (exact) mass is 261 g/mol. The van der Waals surface area contributed by atoms with E-state index in [4.69, 9.17) is 4.74 Å². The number of aryl methyl sites for hydroxylation is 1. The van der Waals surface area contributed by atoms with Gasteiger partial charge in [-0.25, -0.2) is 19.8 Å². The van der Waals surface area contributed by atoms with Crippen molar-refractivity contribution >= 4 is 23.0 Å². The van der Waals surface area contributed by atoms with Crippen molar-refractivity contribution in [3.63, 3.8) is 0 Å². The van der Waals surface area contributed by atoms with Crippen LogP contribution in [-0.2, 0) is 23.1 Å². The fourth-order valence-corrected chi connectivity index (χ4v) is 1.90. The molecule has 1 aliphatic rings. The average Bonchev–Trinajstić information content (AvgIpc) is 2.88. The second-order valence-electron chi connectivity index (χ2n) is 4.33. The Hall–Kier alpha value is -2.51. The fourth-order valence-electron chi connectivity index (χ4n) is 1.90. The summed E-state index contributed by atoms with van der Waals surface area (Å²) in [6.45, 7) is 1.73. The second kappa shape index (κ2) is 4.01. The molecule has 8 heteroatoms. The number of ether oxygens (including phenoxy) is 1. The molecule has 0 bridgehead atoms. The normalized spacial score (nSPS) is 18.7. The molecule has 0 amide bonds. The van der Waals surface area contributed by atoms with Crippen LogP contribution in [0.5, 0.6) is 0 Å². The highest BCUT2D eigenvalue weighted by Gasteiger charge is 2.25. The van der Waals surface area contributed by atoms with E-state index in [0.717, 1.165) is 0 Å². The van der Waals surface area contributed by atoms with Gasteiger partial charge in [-0.15, -0.1) is 0 Å². The van der Waals surface area contributed by atoms with Gasteiger partial charge in [-0.05, 0) is 6.92 Å². The second-order valence-corrected chi connectivity index (χ2v) is 4.33. The van der Waals surface area contributed by atoms with Crippen LogP contribution in [0.15, 0.2) is 22.4 Å².